The van der Waals surface area contributed by atoms with Crippen LogP contribution in [0.1, 0.15) is 19.3 Å². The van der Waals surface area contributed by atoms with E-state index in [2.05, 4.69) is 16.6 Å². The largest absolute Gasteiger partial charge is 0.379 e. The lowest BCUT2D eigenvalue weighted by atomic mass is 10.2. The quantitative estimate of drug-likeness (QED) is 0.492. The first-order chi connectivity index (χ1) is 7.27. The third-order valence-electron chi connectivity index (χ3n) is 2.61. The van der Waals surface area contributed by atoms with Crippen molar-refractivity contribution in [3.05, 3.63) is 0 Å². The first kappa shape index (κ1) is 12.0. The molecule has 1 amide bonds. The van der Waals surface area contributed by atoms with Gasteiger partial charge < -0.3 is 10.1 Å². The zero-order valence-corrected chi connectivity index (χ0v) is 9.08. The summed E-state index contributed by atoms with van der Waals surface area (Å²) in [5, 5.41) is 5.80. The highest BCUT2D eigenvalue weighted by atomic mass is 16.5. The molecule has 0 radical (unpaired) electrons. The highest BCUT2D eigenvalue weighted by Crippen LogP contribution is 2.21. The molecule has 1 aliphatic carbocycles. The molecule has 84 valence electrons. The Morgan fingerprint density at radius 1 is 1.60 bits per heavy atom. The Kier molecular flexibility index (Phi) is 5.16. The maximum absolute atomic E-state index is 11.4. The first-order valence-electron chi connectivity index (χ1n) is 5.24. The fourth-order valence-electron chi connectivity index (χ4n) is 1.88. The van der Waals surface area contributed by atoms with E-state index < -0.39 is 0 Å². The van der Waals surface area contributed by atoms with E-state index in [1.54, 1.807) is 7.11 Å². The number of rotatable bonds is 5. The number of hydrogen-bond acceptors (Lipinski definition) is 3. The minimum absolute atomic E-state index is 0.0146. The van der Waals surface area contributed by atoms with Gasteiger partial charge in [-0.15, -0.1) is 6.42 Å². The van der Waals surface area contributed by atoms with Crippen LogP contribution in [0.2, 0.25) is 0 Å². The summed E-state index contributed by atoms with van der Waals surface area (Å²) in [5.41, 5.74) is 0. The van der Waals surface area contributed by atoms with E-state index in [-0.39, 0.29) is 24.6 Å². The Balaban J connectivity index is 2.22. The standard InChI is InChI=1S/C11H18N2O2/c1-3-7-12-8-11(14)13-9-5-4-6-10(9)15-2/h1,9-10,12H,4-8H2,2H3,(H,13,14). The third kappa shape index (κ3) is 3.90. The molecule has 0 saturated heterocycles. The van der Waals surface area contributed by atoms with Gasteiger partial charge in [0.15, 0.2) is 0 Å². The molecular formula is C11H18N2O2. The van der Waals surface area contributed by atoms with Gasteiger partial charge in [-0.3, -0.25) is 10.1 Å². The van der Waals surface area contributed by atoms with E-state index in [0.29, 0.717) is 6.54 Å². The highest BCUT2D eigenvalue weighted by Gasteiger charge is 2.27. The van der Waals surface area contributed by atoms with Crippen molar-refractivity contribution in [2.75, 3.05) is 20.2 Å². The average Bonchev–Trinajstić information content (AvgIpc) is 2.65. The SMILES string of the molecule is C#CCNCC(=O)NC1CCCC1OC. The van der Waals surface area contributed by atoms with Gasteiger partial charge in [-0.1, -0.05) is 5.92 Å². The lowest BCUT2D eigenvalue weighted by Gasteiger charge is -2.19. The number of methoxy groups -OCH3 is 1. The van der Waals surface area contributed by atoms with Gasteiger partial charge in [-0.2, -0.15) is 0 Å². The molecule has 0 heterocycles. The predicted molar refractivity (Wildman–Crippen MR) is 58.3 cm³/mol. The molecule has 1 saturated carbocycles. The summed E-state index contributed by atoms with van der Waals surface area (Å²) in [6.45, 7) is 0.697. The number of nitrogens with one attached hydrogen (secondary N) is 2. The minimum Gasteiger partial charge on any atom is -0.379 e. The number of ether oxygens (including phenoxy) is 1. The zero-order valence-electron chi connectivity index (χ0n) is 9.08. The lowest BCUT2D eigenvalue weighted by Crippen LogP contribution is -2.44. The van der Waals surface area contributed by atoms with E-state index in [0.717, 1.165) is 19.3 Å². The molecule has 0 aliphatic heterocycles. The summed E-state index contributed by atoms with van der Waals surface area (Å²) in [6, 6.07) is 0.162. The molecule has 4 heteroatoms. The summed E-state index contributed by atoms with van der Waals surface area (Å²) in [7, 11) is 1.69. The van der Waals surface area contributed by atoms with Crippen molar-refractivity contribution in [2.24, 2.45) is 0 Å². The fraction of sp³-hybridized carbons (Fsp3) is 0.727. The molecule has 2 unspecified atom stereocenters. The molecule has 0 spiro atoms. The molecule has 2 atom stereocenters. The topological polar surface area (TPSA) is 50.4 Å². The van der Waals surface area contributed by atoms with Crippen molar-refractivity contribution in [3.63, 3.8) is 0 Å². The molecule has 0 aromatic carbocycles. The minimum atomic E-state index is -0.0146. The van der Waals surface area contributed by atoms with E-state index in [4.69, 9.17) is 11.2 Å². The molecular weight excluding hydrogens is 192 g/mol. The monoisotopic (exact) mass is 210 g/mol. The smallest absolute Gasteiger partial charge is 0.234 e. The maximum Gasteiger partial charge on any atom is 0.234 e. The van der Waals surface area contributed by atoms with Crippen LogP contribution in [-0.2, 0) is 9.53 Å². The second-order valence-electron chi connectivity index (χ2n) is 3.69. The van der Waals surface area contributed by atoms with Gasteiger partial charge in [0, 0.05) is 7.11 Å². The van der Waals surface area contributed by atoms with Gasteiger partial charge in [0.25, 0.3) is 0 Å². The van der Waals surface area contributed by atoms with Crippen LogP contribution < -0.4 is 10.6 Å². The van der Waals surface area contributed by atoms with Gasteiger partial charge in [0.2, 0.25) is 5.91 Å². The van der Waals surface area contributed by atoms with Crippen molar-refractivity contribution >= 4 is 5.91 Å². The second-order valence-corrected chi connectivity index (χ2v) is 3.69. The summed E-state index contributed by atoms with van der Waals surface area (Å²) in [5.74, 6) is 2.41. The van der Waals surface area contributed by atoms with Crippen LogP contribution in [0.15, 0.2) is 0 Å². The number of terminal acetylenes is 1. The molecule has 0 aromatic rings. The van der Waals surface area contributed by atoms with Crippen LogP contribution >= 0.6 is 0 Å². The fourth-order valence-corrected chi connectivity index (χ4v) is 1.88. The molecule has 1 aliphatic rings. The number of carbonyl (C=O) groups is 1. The molecule has 1 fully saturated rings. The number of carbonyl (C=O) groups excluding carboxylic acids is 1. The molecule has 4 nitrogen and oxygen atoms in total. The van der Waals surface area contributed by atoms with Crippen molar-refractivity contribution < 1.29 is 9.53 Å². The number of amides is 1. The zero-order chi connectivity index (χ0) is 11.1. The third-order valence-corrected chi connectivity index (χ3v) is 2.61. The maximum atomic E-state index is 11.4. The summed E-state index contributed by atoms with van der Waals surface area (Å²) in [4.78, 5) is 11.4. The lowest BCUT2D eigenvalue weighted by molar-refractivity contribution is -0.121. The summed E-state index contributed by atoms with van der Waals surface area (Å²) in [6.07, 6.45) is 8.36. The Hall–Kier alpha value is -1.05. The highest BCUT2D eigenvalue weighted by molar-refractivity contribution is 5.78. The molecule has 0 aromatic heterocycles. The van der Waals surface area contributed by atoms with E-state index in [1.165, 1.54) is 0 Å². The van der Waals surface area contributed by atoms with Crippen LogP contribution in [0.4, 0.5) is 0 Å². The first-order valence-corrected chi connectivity index (χ1v) is 5.24. The Morgan fingerprint density at radius 2 is 2.40 bits per heavy atom. The molecule has 15 heavy (non-hydrogen) atoms. The van der Waals surface area contributed by atoms with Gasteiger partial charge in [-0.25, -0.2) is 0 Å². The van der Waals surface area contributed by atoms with Gasteiger partial charge >= 0.3 is 0 Å². The van der Waals surface area contributed by atoms with Gasteiger partial charge in [0.1, 0.15) is 0 Å². The van der Waals surface area contributed by atoms with Gasteiger partial charge in [-0.05, 0) is 19.3 Å². The van der Waals surface area contributed by atoms with Crippen LogP contribution in [0.25, 0.3) is 0 Å². The number of hydrogen-bond donors (Lipinski definition) is 2. The van der Waals surface area contributed by atoms with E-state index in [1.807, 2.05) is 0 Å². The normalized spacial score (nSPS) is 24.8. The summed E-state index contributed by atoms with van der Waals surface area (Å²) < 4.78 is 5.28. The van der Waals surface area contributed by atoms with E-state index in [9.17, 15) is 4.79 Å². The van der Waals surface area contributed by atoms with Crippen LogP contribution in [-0.4, -0.2) is 38.3 Å². The average molecular weight is 210 g/mol. The van der Waals surface area contributed by atoms with Crippen molar-refractivity contribution in [1.82, 2.24) is 10.6 Å². The van der Waals surface area contributed by atoms with Crippen LogP contribution in [0.5, 0.6) is 0 Å². The second kappa shape index (κ2) is 6.44. The Morgan fingerprint density at radius 3 is 3.07 bits per heavy atom. The Labute approximate surface area is 90.8 Å². The van der Waals surface area contributed by atoms with Crippen LogP contribution in [0.3, 0.4) is 0 Å². The van der Waals surface area contributed by atoms with Crippen LogP contribution in [0, 0.1) is 12.3 Å². The predicted octanol–water partition coefficient (Wildman–Crippen LogP) is -0.107. The Bertz CT molecular complexity index is 247. The van der Waals surface area contributed by atoms with Crippen molar-refractivity contribution in [1.29, 1.82) is 0 Å². The van der Waals surface area contributed by atoms with Crippen molar-refractivity contribution in [3.8, 4) is 12.3 Å². The van der Waals surface area contributed by atoms with Crippen molar-refractivity contribution in [2.45, 2.75) is 31.4 Å². The molecule has 2 N–H and O–H groups in total. The molecule has 0 bridgehead atoms. The van der Waals surface area contributed by atoms with Gasteiger partial charge in [0.05, 0.1) is 25.2 Å². The van der Waals surface area contributed by atoms with E-state index >= 15 is 0 Å². The summed E-state index contributed by atoms with van der Waals surface area (Å²) >= 11 is 0. The molecule has 1 rings (SSSR count).